The lowest BCUT2D eigenvalue weighted by Gasteiger charge is -2.09. The van der Waals surface area contributed by atoms with Crippen LogP contribution in [0, 0.1) is 5.82 Å². The molecule has 1 aromatic rings. The van der Waals surface area contributed by atoms with E-state index >= 15 is 0 Å². The normalized spacial score (nSPS) is 9.53. The van der Waals surface area contributed by atoms with Gasteiger partial charge >= 0.3 is 0 Å². The largest absolute Gasteiger partial charge is 0.504 e. The van der Waals surface area contributed by atoms with Gasteiger partial charge in [0, 0.05) is 11.6 Å². The van der Waals surface area contributed by atoms with Crippen LogP contribution in [0.2, 0.25) is 5.02 Å². The molecule has 4 nitrogen and oxygen atoms in total. The van der Waals surface area contributed by atoms with E-state index in [0.29, 0.717) is 0 Å². The van der Waals surface area contributed by atoms with Crippen LogP contribution in [0.25, 0.3) is 0 Å². The summed E-state index contributed by atoms with van der Waals surface area (Å²) in [7, 11) is 1.27. The van der Waals surface area contributed by atoms with Crippen LogP contribution in [0.4, 0.5) is 4.39 Å². The fourth-order valence-electron chi connectivity index (χ4n) is 1.05. The maximum Gasteiger partial charge on any atom is 0.235 e. The number of nitrogens with zero attached hydrogens (tertiary/aromatic N) is 1. The Morgan fingerprint density at radius 1 is 1.73 bits per heavy atom. The van der Waals surface area contributed by atoms with E-state index in [2.05, 4.69) is 4.99 Å². The molecule has 0 saturated heterocycles. The maximum absolute atomic E-state index is 13.2. The lowest BCUT2D eigenvalue weighted by molar-refractivity contribution is 0.367. The molecule has 1 rings (SSSR count). The van der Waals surface area contributed by atoms with Gasteiger partial charge in [0.05, 0.1) is 18.7 Å². The first-order chi connectivity index (χ1) is 7.11. The molecule has 0 aliphatic heterocycles. The summed E-state index contributed by atoms with van der Waals surface area (Å²) in [5, 5.41) is 9.27. The quantitative estimate of drug-likeness (QED) is 0.640. The first kappa shape index (κ1) is 11.5. The lowest BCUT2D eigenvalue weighted by Crippen LogP contribution is -1.93. The molecule has 0 aromatic heterocycles. The fourth-order valence-corrected chi connectivity index (χ4v) is 1.26. The summed E-state index contributed by atoms with van der Waals surface area (Å²) in [4.78, 5) is 13.1. The number of methoxy groups -OCH3 is 1. The Labute approximate surface area is 90.0 Å². The number of hydrogen-bond acceptors (Lipinski definition) is 4. The Kier molecular flexibility index (Phi) is 3.66. The summed E-state index contributed by atoms with van der Waals surface area (Å²) in [6.07, 6.45) is 1.27. The zero-order valence-electron chi connectivity index (χ0n) is 7.75. The van der Waals surface area contributed by atoms with Crippen molar-refractivity contribution < 1.29 is 19.0 Å². The molecule has 0 fully saturated rings. The van der Waals surface area contributed by atoms with Crippen LogP contribution in [0.1, 0.15) is 5.56 Å². The highest BCUT2D eigenvalue weighted by molar-refractivity contribution is 6.31. The van der Waals surface area contributed by atoms with Gasteiger partial charge in [-0.2, -0.15) is 0 Å². The van der Waals surface area contributed by atoms with Crippen LogP contribution in [-0.4, -0.2) is 18.3 Å². The van der Waals surface area contributed by atoms with E-state index < -0.39 is 5.82 Å². The van der Waals surface area contributed by atoms with Crippen molar-refractivity contribution in [1.29, 1.82) is 0 Å². The molecule has 0 amide bonds. The third kappa shape index (κ3) is 2.26. The molecule has 15 heavy (non-hydrogen) atoms. The van der Waals surface area contributed by atoms with Gasteiger partial charge in [0.25, 0.3) is 0 Å². The topological polar surface area (TPSA) is 58.9 Å². The molecule has 0 unspecified atom stereocenters. The van der Waals surface area contributed by atoms with Gasteiger partial charge in [-0.1, -0.05) is 11.6 Å². The Balaban J connectivity index is 3.32. The van der Waals surface area contributed by atoms with E-state index in [1.54, 1.807) is 0 Å². The van der Waals surface area contributed by atoms with Crippen molar-refractivity contribution in [2.45, 2.75) is 6.54 Å². The highest BCUT2D eigenvalue weighted by atomic mass is 35.5. The van der Waals surface area contributed by atoms with E-state index in [1.807, 2.05) is 0 Å². The summed E-state index contributed by atoms with van der Waals surface area (Å²) >= 11 is 5.58. The van der Waals surface area contributed by atoms with Crippen LogP contribution in [0.15, 0.2) is 11.1 Å². The van der Waals surface area contributed by atoms with Crippen LogP contribution in [0.5, 0.6) is 11.5 Å². The monoisotopic (exact) mass is 231 g/mol. The van der Waals surface area contributed by atoms with E-state index in [0.717, 1.165) is 6.07 Å². The number of phenolic OH excluding ortho intramolecular Hbond substituents is 1. The van der Waals surface area contributed by atoms with Crippen LogP contribution in [0.3, 0.4) is 0 Å². The van der Waals surface area contributed by atoms with E-state index in [-0.39, 0.29) is 28.6 Å². The Morgan fingerprint density at radius 2 is 2.40 bits per heavy atom. The molecule has 0 aliphatic rings. The van der Waals surface area contributed by atoms with Crippen molar-refractivity contribution in [1.82, 2.24) is 0 Å². The number of hydrogen-bond donors (Lipinski definition) is 1. The summed E-state index contributed by atoms with van der Waals surface area (Å²) in [6.45, 7) is -0.248. The predicted octanol–water partition coefficient (Wildman–Crippen LogP) is 2.03. The molecule has 1 N–H and O–H groups in total. The van der Waals surface area contributed by atoms with Crippen molar-refractivity contribution in [3.8, 4) is 11.5 Å². The zero-order valence-corrected chi connectivity index (χ0v) is 8.51. The van der Waals surface area contributed by atoms with Gasteiger partial charge in [-0.25, -0.2) is 14.2 Å². The average molecular weight is 232 g/mol. The Bertz CT molecular complexity index is 430. The number of halogens is 2. The number of rotatable bonds is 3. The Morgan fingerprint density at radius 3 is 2.93 bits per heavy atom. The van der Waals surface area contributed by atoms with Crippen molar-refractivity contribution in [2.75, 3.05) is 7.11 Å². The van der Waals surface area contributed by atoms with Gasteiger partial charge in [-0.15, -0.1) is 0 Å². The van der Waals surface area contributed by atoms with Crippen molar-refractivity contribution in [3.05, 3.63) is 22.5 Å². The molecule has 1 aromatic carbocycles. The summed E-state index contributed by atoms with van der Waals surface area (Å²) in [5.41, 5.74) is -0.00290. The molecule has 80 valence electrons. The molecule has 0 atom stereocenters. The highest BCUT2D eigenvalue weighted by Crippen LogP contribution is 2.37. The molecular formula is C9H7ClFNO3. The van der Waals surface area contributed by atoms with E-state index in [1.165, 1.54) is 13.2 Å². The highest BCUT2D eigenvalue weighted by Gasteiger charge is 2.16. The third-order valence-corrected chi connectivity index (χ3v) is 2.18. The molecule has 0 spiro atoms. The standard InChI is InChI=1S/C9H7ClFNO3/c1-15-7-2-6(11)8(10)5(9(7)14)3-12-4-13/h2,14H,3H2,1H3. The van der Waals surface area contributed by atoms with Crippen LogP contribution in [-0.2, 0) is 11.3 Å². The first-order valence-electron chi connectivity index (χ1n) is 3.89. The average Bonchev–Trinajstić information content (AvgIpc) is 2.23. The minimum absolute atomic E-state index is 0.00290. The number of ether oxygens (including phenoxy) is 1. The number of isocyanates is 1. The second-order valence-corrected chi connectivity index (χ2v) is 2.99. The van der Waals surface area contributed by atoms with Gasteiger partial charge in [0.2, 0.25) is 6.08 Å². The minimum Gasteiger partial charge on any atom is -0.504 e. The Hall–Kier alpha value is -1.58. The van der Waals surface area contributed by atoms with Gasteiger partial charge in [-0.3, -0.25) is 0 Å². The number of benzene rings is 1. The zero-order chi connectivity index (χ0) is 11.4. The smallest absolute Gasteiger partial charge is 0.235 e. The lowest BCUT2D eigenvalue weighted by atomic mass is 10.1. The van der Waals surface area contributed by atoms with Gasteiger partial charge in [0.1, 0.15) is 5.82 Å². The number of carbonyl (C=O) groups excluding carboxylic acids is 1. The van der Waals surface area contributed by atoms with Gasteiger partial charge in [0.15, 0.2) is 11.5 Å². The maximum atomic E-state index is 13.2. The van der Waals surface area contributed by atoms with E-state index in [4.69, 9.17) is 16.3 Å². The molecule has 0 aliphatic carbocycles. The third-order valence-electron chi connectivity index (χ3n) is 1.77. The van der Waals surface area contributed by atoms with Crippen LogP contribution >= 0.6 is 11.6 Å². The number of aromatic hydroxyl groups is 1. The molecule has 6 heteroatoms. The summed E-state index contributed by atoms with van der Waals surface area (Å²) in [5.74, 6) is -1.14. The predicted molar refractivity (Wildman–Crippen MR) is 51.5 cm³/mol. The van der Waals surface area contributed by atoms with Gasteiger partial charge in [-0.05, 0) is 0 Å². The number of aliphatic imine (C=N–C) groups is 1. The van der Waals surface area contributed by atoms with E-state index in [9.17, 15) is 14.3 Å². The van der Waals surface area contributed by atoms with Gasteiger partial charge < -0.3 is 9.84 Å². The minimum atomic E-state index is -0.748. The fraction of sp³-hybridized carbons (Fsp3) is 0.222. The van der Waals surface area contributed by atoms with Crippen molar-refractivity contribution >= 4 is 17.7 Å². The molecule has 0 bridgehead atoms. The van der Waals surface area contributed by atoms with Crippen molar-refractivity contribution in [3.63, 3.8) is 0 Å². The summed E-state index contributed by atoms with van der Waals surface area (Å²) in [6, 6.07) is 0.950. The molecule has 0 radical (unpaired) electrons. The molecule has 0 saturated carbocycles. The second kappa shape index (κ2) is 4.77. The molecular weight excluding hydrogens is 225 g/mol. The van der Waals surface area contributed by atoms with Crippen LogP contribution < -0.4 is 4.74 Å². The second-order valence-electron chi connectivity index (χ2n) is 2.61. The number of phenols is 1. The molecule has 0 heterocycles. The SMILES string of the molecule is COc1cc(F)c(Cl)c(CN=C=O)c1O. The summed E-state index contributed by atoms with van der Waals surface area (Å²) < 4.78 is 17.9. The van der Waals surface area contributed by atoms with Crippen molar-refractivity contribution in [2.24, 2.45) is 4.99 Å². The first-order valence-corrected chi connectivity index (χ1v) is 4.27.